The van der Waals surface area contributed by atoms with E-state index < -0.39 is 4.92 Å². The van der Waals surface area contributed by atoms with Crippen molar-refractivity contribution in [1.29, 1.82) is 0 Å². The number of hydrogen-bond donors (Lipinski definition) is 0. The van der Waals surface area contributed by atoms with Crippen molar-refractivity contribution >= 4 is 33.1 Å². The minimum Gasteiger partial charge on any atom is -0.272 e. The van der Waals surface area contributed by atoms with Gasteiger partial charge in [0.1, 0.15) is 6.20 Å². The molecule has 1 amide bonds. The fraction of sp³-hybridized carbons (Fsp3) is 0.286. The number of aromatic nitrogens is 1. The second kappa shape index (κ2) is 3.39. The molecule has 78 valence electrons. The summed E-state index contributed by atoms with van der Waals surface area (Å²) >= 11 is 0.832. The summed E-state index contributed by atoms with van der Waals surface area (Å²) < 4.78 is 0. The number of hydrogen-bond acceptors (Lipinski definition) is 6. The van der Waals surface area contributed by atoms with Gasteiger partial charge in [0, 0.05) is 5.71 Å². The van der Waals surface area contributed by atoms with Crippen molar-refractivity contribution in [3.05, 3.63) is 16.3 Å². The summed E-state index contributed by atoms with van der Waals surface area (Å²) in [7, 11) is 0. The van der Waals surface area contributed by atoms with Crippen LogP contribution in [0.4, 0.5) is 10.1 Å². The van der Waals surface area contributed by atoms with Gasteiger partial charge in [-0.05, 0) is 18.3 Å². The van der Waals surface area contributed by atoms with Gasteiger partial charge in [0.05, 0.1) is 11.3 Å². The molecule has 2 heterocycles. The average Bonchev–Trinajstić information content (AvgIpc) is 2.71. The van der Waals surface area contributed by atoms with E-state index >= 15 is 0 Å². The molecule has 0 saturated heterocycles. The van der Waals surface area contributed by atoms with E-state index in [1.54, 1.807) is 6.92 Å². The third-order valence-corrected chi connectivity index (χ3v) is 2.68. The summed E-state index contributed by atoms with van der Waals surface area (Å²) in [5.74, 6) is -0.211. The van der Waals surface area contributed by atoms with Gasteiger partial charge in [-0.15, -0.1) is 0 Å². The molecule has 7 nitrogen and oxygen atoms in total. The molecule has 0 aliphatic carbocycles. The molecular formula is C7H6N4O3S. The number of nitro groups is 1. The van der Waals surface area contributed by atoms with Crippen LogP contribution in [0.2, 0.25) is 0 Å². The average molecular weight is 226 g/mol. The number of thiazole rings is 1. The first-order chi connectivity index (χ1) is 7.08. The fourth-order valence-corrected chi connectivity index (χ4v) is 1.85. The Labute approximate surface area is 88.2 Å². The molecule has 0 saturated carbocycles. The lowest BCUT2D eigenvalue weighted by Crippen LogP contribution is -2.19. The smallest absolute Gasteiger partial charge is 0.272 e. The normalized spacial score (nSPS) is 15.7. The Hall–Kier alpha value is -1.83. The second-order valence-electron chi connectivity index (χ2n) is 2.96. The zero-order valence-electron chi connectivity index (χ0n) is 7.71. The van der Waals surface area contributed by atoms with Gasteiger partial charge in [-0.25, -0.2) is 4.98 Å². The predicted octanol–water partition coefficient (Wildman–Crippen LogP) is 1.16. The highest BCUT2D eigenvalue weighted by atomic mass is 32.1. The number of rotatable bonds is 2. The Kier molecular flexibility index (Phi) is 2.19. The largest absolute Gasteiger partial charge is 0.345 e. The van der Waals surface area contributed by atoms with Crippen LogP contribution < -0.4 is 5.01 Å². The third-order valence-electron chi connectivity index (χ3n) is 1.76. The topological polar surface area (TPSA) is 88.7 Å². The molecule has 0 unspecified atom stereocenters. The van der Waals surface area contributed by atoms with Gasteiger partial charge >= 0.3 is 5.00 Å². The lowest BCUT2D eigenvalue weighted by molar-refractivity contribution is -0.380. The fourth-order valence-electron chi connectivity index (χ4n) is 1.14. The molecule has 0 aromatic carbocycles. The zero-order valence-corrected chi connectivity index (χ0v) is 8.52. The minimum absolute atomic E-state index is 0.0995. The number of hydrazone groups is 1. The van der Waals surface area contributed by atoms with Gasteiger partial charge in [-0.1, -0.05) is 0 Å². The lowest BCUT2D eigenvalue weighted by atomic mass is 10.3. The van der Waals surface area contributed by atoms with Gasteiger partial charge in [0.15, 0.2) is 0 Å². The van der Waals surface area contributed by atoms with Crippen molar-refractivity contribution in [1.82, 2.24) is 4.98 Å². The lowest BCUT2D eigenvalue weighted by Gasteiger charge is -2.04. The maximum Gasteiger partial charge on any atom is 0.345 e. The number of carbonyl (C=O) groups is 1. The van der Waals surface area contributed by atoms with E-state index in [-0.39, 0.29) is 22.5 Å². The zero-order chi connectivity index (χ0) is 11.0. The number of amides is 1. The van der Waals surface area contributed by atoms with Crippen LogP contribution in [0.3, 0.4) is 0 Å². The second-order valence-corrected chi connectivity index (χ2v) is 3.94. The van der Waals surface area contributed by atoms with Gasteiger partial charge in [-0.2, -0.15) is 10.1 Å². The summed E-state index contributed by atoms with van der Waals surface area (Å²) in [6, 6.07) is 0. The Morgan fingerprint density at radius 3 is 2.87 bits per heavy atom. The summed E-state index contributed by atoms with van der Waals surface area (Å²) in [5.41, 5.74) is 0.679. The standard InChI is InChI=1S/C7H6N4O3S/c1-4-2-5(12)10(9-4)7-8-3-6(15-7)11(13)14/h3H,2H2,1H3. The Bertz CT molecular complexity index is 467. The van der Waals surface area contributed by atoms with Gasteiger partial charge < -0.3 is 0 Å². The molecule has 15 heavy (non-hydrogen) atoms. The van der Waals surface area contributed by atoms with Crippen LogP contribution in [-0.4, -0.2) is 21.5 Å². The molecule has 0 atom stereocenters. The molecule has 0 N–H and O–H groups in total. The molecule has 1 aromatic heterocycles. The first-order valence-corrected chi connectivity index (χ1v) is 4.87. The van der Waals surface area contributed by atoms with Crippen molar-refractivity contribution in [3.8, 4) is 0 Å². The maximum atomic E-state index is 11.4. The molecule has 0 radical (unpaired) electrons. The van der Waals surface area contributed by atoms with Crippen LogP contribution in [0, 0.1) is 10.1 Å². The molecule has 1 aliphatic rings. The van der Waals surface area contributed by atoms with E-state index in [2.05, 4.69) is 10.1 Å². The Morgan fingerprint density at radius 2 is 2.40 bits per heavy atom. The van der Waals surface area contributed by atoms with Crippen LogP contribution in [0.25, 0.3) is 0 Å². The van der Waals surface area contributed by atoms with E-state index in [4.69, 9.17) is 0 Å². The Morgan fingerprint density at radius 1 is 1.67 bits per heavy atom. The van der Waals surface area contributed by atoms with Crippen molar-refractivity contribution in [2.45, 2.75) is 13.3 Å². The van der Waals surface area contributed by atoms with E-state index in [1.807, 2.05) is 0 Å². The van der Waals surface area contributed by atoms with Crippen molar-refractivity contribution in [2.75, 3.05) is 5.01 Å². The van der Waals surface area contributed by atoms with Gasteiger partial charge in [0.25, 0.3) is 5.91 Å². The molecule has 0 fully saturated rings. The van der Waals surface area contributed by atoms with Crippen LogP contribution in [0.1, 0.15) is 13.3 Å². The molecule has 1 aromatic rings. The molecule has 2 rings (SSSR count). The Balaban J connectivity index is 2.30. The maximum absolute atomic E-state index is 11.4. The first kappa shape index (κ1) is 9.71. The summed E-state index contributed by atoms with van der Waals surface area (Å²) in [4.78, 5) is 25.0. The highest BCUT2D eigenvalue weighted by Crippen LogP contribution is 2.30. The van der Waals surface area contributed by atoms with E-state index in [0.717, 1.165) is 22.5 Å². The molecule has 8 heteroatoms. The van der Waals surface area contributed by atoms with Crippen molar-refractivity contribution in [2.24, 2.45) is 5.10 Å². The van der Waals surface area contributed by atoms with Crippen LogP contribution in [-0.2, 0) is 4.79 Å². The van der Waals surface area contributed by atoms with E-state index in [9.17, 15) is 14.9 Å². The van der Waals surface area contributed by atoms with Crippen LogP contribution in [0.15, 0.2) is 11.3 Å². The summed E-state index contributed by atoms with van der Waals surface area (Å²) in [5, 5.41) is 15.6. The highest BCUT2D eigenvalue weighted by molar-refractivity contribution is 7.18. The molecular weight excluding hydrogens is 220 g/mol. The highest BCUT2D eigenvalue weighted by Gasteiger charge is 2.26. The number of anilines is 1. The first-order valence-electron chi connectivity index (χ1n) is 4.05. The van der Waals surface area contributed by atoms with E-state index in [1.165, 1.54) is 0 Å². The van der Waals surface area contributed by atoms with Gasteiger partial charge in [-0.3, -0.25) is 14.9 Å². The van der Waals surface area contributed by atoms with Crippen LogP contribution in [0.5, 0.6) is 0 Å². The van der Waals surface area contributed by atoms with Crippen molar-refractivity contribution < 1.29 is 9.72 Å². The molecule has 1 aliphatic heterocycles. The predicted molar refractivity (Wildman–Crippen MR) is 54.0 cm³/mol. The quantitative estimate of drug-likeness (QED) is 0.559. The monoisotopic (exact) mass is 226 g/mol. The summed E-state index contributed by atoms with van der Waals surface area (Å²) in [6.45, 7) is 1.72. The SMILES string of the molecule is CC1=NN(c2ncc([N+](=O)[O-])s2)C(=O)C1. The van der Waals surface area contributed by atoms with Crippen LogP contribution >= 0.6 is 11.3 Å². The van der Waals surface area contributed by atoms with Crippen molar-refractivity contribution in [3.63, 3.8) is 0 Å². The summed E-state index contributed by atoms with van der Waals surface area (Å²) in [6.07, 6.45) is 1.36. The van der Waals surface area contributed by atoms with E-state index in [0.29, 0.717) is 5.71 Å². The number of nitrogens with zero attached hydrogens (tertiary/aromatic N) is 4. The molecule has 0 bridgehead atoms. The van der Waals surface area contributed by atoms with Gasteiger partial charge in [0.2, 0.25) is 5.13 Å². The molecule has 0 spiro atoms. The third kappa shape index (κ3) is 1.71. The minimum atomic E-state index is -0.543. The number of carbonyl (C=O) groups excluding carboxylic acids is 1.